The van der Waals surface area contributed by atoms with Gasteiger partial charge in [-0.1, -0.05) is 51.8 Å². The van der Waals surface area contributed by atoms with Crippen molar-refractivity contribution in [2.75, 3.05) is 29.6 Å². The molecule has 0 spiro atoms. The normalized spacial score (nSPS) is 17.2. The van der Waals surface area contributed by atoms with Gasteiger partial charge in [0.05, 0.1) is 18.2 Å². The maximum absolute atomic E-state index is 12.9. The molecule has 5 N–H and O–H groups in total. The number of alkyl halides is 3. The first-order chi connectivity index (χ1) is 18.9. The number of primary amides is 1. The molecule has 0 radical (unpaired) electrons. The highest BCUT2D eigenvalue weighted by Gasteiger charge is 2.43. The standard InChI is InChI=1S/C16H22N2O2S.C7H5F4N3O.2C2H6/c1-21-17-11-16(8-9-16)12-2-4-13(5-3-12)18-10-14(19)6-7-15(18)20;8-4-1-3(7(9,10)11)2-13-5(4)14-6(12)15;2*1-2/h2-5,14,17,19H,6-11H2,1H3;1-2H,(H3,12,13,14,15);2*1-2H3. The van der Waals surface area contributed by atoms with E-state index in [1.54, 1.807) is 22.2 Å². The van der Waals surface area contributed by atoms with Crippen LogP contribution in [0.5, 0.6) is 0 Å². The average molecular weight is 590 g/mol. The summed E-state index contributed by atoms with van der Waals surface area (Å²) in [7, 11) is 0. The Balaban J connectivity index is 0.000000373. The van der Waals surface area contributed by atoms with Crippen molar-refractivity contribution in [3.63, 3.8) is 0 Å². The molecule has 2 fully saturated rings. The number of halogens is 4. The van der Waals surface area contributed by atoms with Crippen LogP contribution in [0.1, 0.15) is 64.5 Å². The van der Waals surface area contributed by atoms with Crippen molar-refractivity contribution in [3.8, 4) is 0 Å². The maximum atomic E-state index is 12.9. The zero-order valence-electron chi connectivity index (χ0n) is 23.4. The number of urea groups is 1. The molecular weight excluding hydrogens is 550 g/mol. The Kier molecular flexibility index (Phi) is 14.4. The van der Waals surface area contributed by atoms with Crippen molar-refractivity contribution in [1.29, 1.82) is 0 Å². The molecule has 1 saturated carbocycles. The number of β-amino-alcohol motifs (C(OH)–C–C–N with tert-alkyl or cyclic N) is 1. The number of nitrogens with zero attached hydrogens (tertiary/aromatic N) is 2. The average Bonchev–Trinajstić information content (AvgIpc) is 3.73. The van der Waals surface area contributed by atoms with Crippen LogP contribution in [0.2, 0.25) is 0 Å². The van der Waals surface area contributed by atoms with Crippen molar-refractivity contribution in [2.24, 2.45) is 5.73 Å². The van der Waals surface area contributed by atoms with Gasteiger partial charge in [-0.25, -0.2) is 14.2 Å². The summed E-state index contributed by atoms with van der Waals surface area (Å²) >= 11 is 1.66. The van der Waals surface area contributed by atoms with E-state index in [9.17, 15) is 32.3 Å². The number of carbonyl (C=O) groups excluding carboxylic acids is 2. The predicted octanol–water partition coefficient (Wildman–Crippen LogP) is 5.86. The zero-order valence-corrected chi connectivity index (χ0v) is 24.3. The number of carbonyl (C=O) groups is 2. The molecule has 0 bridgehead atoms. The predicted molar refractivity (Wildman–Crippen MR) is 152 cm³/mol. The van der Waals surface area contributed by atoms with Crippen molar-refractivity contribution in [2.45, 2.75) is 71.1 Å². The number of pyridine rings is 1. The Hall–Kier alpha value is -2.90. The van der Waals surface area contributed by atoms with Gasteiger partial charge < -0.3 is 15.7 Å². The Bertz CT molecular complexity index is 1080. The zero-order chi connectivity index (χ0) is 30.5. The molecule has 1 aromatic carbocycles. The third-order valence-electron chi connectivity index (χ3n) is 6.00. The highest BCUT2D eigenvalue weighted by Crippen LogP contribution is 2.48. The van der Waals surface area contributed by atoms with Gasteiger partial charge in [0.1, 0.15) is 0 Å². The monoisotopic (exact) mass is 589 g/mol. The van der Waals surface area contributed by atoms with Crippen LogP contribution < -0.4 is 20.7 Å². The molecular formula is C27H39F4N5O3S. The fourth-order valence-corrected chi connectivity index (χ4v) is 4.22. The number of anilines is 2. The van der Waals surface area contributed by atoms with Gasteiger partial charge in [-0.3, -0.25) is 14.8 Å². The van der Waals surface area contributed by atoms with Crippen molar-refractivity contribution >= 4 is 35.4 Å². The summed E-state index contributed by atoms with van der Waals surface area (Å²) in [5, 5.41) is 11.5. The number of nitrogens with one attached hydrogen (secondary N) is 2. The van der Waals surface area contributed by atoms with E-state index in [2.05, 4.69) is 27.6 Å². The first kappa shape index (κ1) is 35.1. The van der Waals surface area contributed by atoms with Gasteiger partial charge in [-0.05, 0) is 49.3 Å². The summed E-state index contributed by atoms with van der Waals surface area (Å²) < 4.78 is 52.4. The lowest BCUT2D eigenvalue weighted by Gasteiger charge is -2.30. The van der Waals surface area contributed by atoms with Crippen molar-refractivity contribution in [3.05, 3.63) is 53.5 Å². The van der Waals surface area contributed by atoms with Crippen LogP contribution >= 0.6 is 11.9 Å². The molecule has 40 heavy (non-hydrogen) atoms. The van der Waals surface area contributed by atoms with Crippen LogP contribution in [-0.2, 0) is 16.4 Å². The third-order valence-corrected chi connectivity index (χ3v) is 6.43. The summed E-state index contributed by atoms with van der Waals surface area (Å²) in [6, 6.07) is 7.42. The highest BCUT2D eigenvalue weighted by atomic mass is 32.2. The van der Waals surface area contributed by atoms with E-state index in [1.165, 1.54) is 18.4 Å². The fourth-order valence-electron chi connectivity index (χ4n) is 3.80. The van der Waals surface area contributed by atoms with Gasteiger partial charge in [-0.2, -0.15) is 13.2 Å². The van der Waals surface area contributed by atoms with Gasteiger partial charge in [0.2, 0.25) is 5.91 Å². The molecule has 1 aliphatic heterocycles. The smallest absolute Gasteiger partial charge is 0.391 e. The van der Waals surface area contributed by atoms with Gasteiger partial charge in [0.25, 0.3) is 0 Å². The molecule has 1 aliphatic carbocycles. The van der Waals surface area contributed by atoms with Crippen LogP contribution in [0.4, 0.5) is 33.9 Å². The lowest BCUT2D eigenvalue weighted by atomic mass is 9.95. The second kappa shape index (κ2) is 16.4. The minimum absolute atomic E-state index is 0.109. The number of nitrogens with two attached hydrogens (primary N) is 1. The number of rotatable bonds is 6. The minimum Gasteiger partial charge on any atom is -0.391 e. The molecule has 1 saturated heterocycles. The minimum atomic E-state index is -4.68. The molecule has 8 nitrogen and oxygen atoms in total. The Morgan fingerprint density at radius 3 is 2.27 bits per heavy atom. The molecule has 2 aromatic rings. The van der Waals surface area contributed by atoms with E-state index >= 15 is 0 Å². The quantitative estimate of drug-likeness (QED) is 0.248. The topological polar surface area (TPSA) is 121 Å². The van der Waals surface area contributed by atoms with Crippen molar-refractivity contribution < 1.29 is 32.3 Å². The summed E-state index contributed by atoms with van der Waals surface area (Å²) in [5.74, 6) is -1.84. The Morgan fingerprint density at radius 1 is 1.20 bits per heavy atom. The van der Waals surface area contributed by atoms with Crippen LogP contribution in [0.25, 0.3) is 0 Å². The van der Waals surface area contributed by atoms with E-state index in [0.717, 1.165) is 12.2 Å². The maximum Gasteiger partial charge on any atom is 0.417 e. The molecule has 1 unspecified atom stereocenters. The van der Waals surface area contributed by atoms with Crippen LogP contribution in [-0.4, -0.2) is 47.5 Å². The van der Waals surface area contributed by atoms with Crippen LogP contribution in [0, 0.1) is 5.82 Å². The molecule has 4 rings (SSSR count). The number of aromatic nitrogens is 1. The Morgan fingerprint density at radius 2 is 1.80 bits per heavy atom. The number of aliphatic hydroxyl groups excluding tert-OH is 1. The van der Waals surface area contributed by atoms with E-state index < -0.39 is 35.5 Å². The number of piperidine rings is 1. The van der Waals surface area contributed by atoms with Crippen LogP contribution in [0.3, 0.4) is 0 Å². The lowest BCUT2D eigenvalue weighted by Crippen LogP contribution is -2.42. The molecule has 2 aliphatic rings. The molecule has 3 amide bonds. The largest absolute Gasteiger partial charge is 0.417 e. The fraction of sp³-hybridized carbons (Fsp3) is 0.519. The molecule has 224 valence electrons. The first-order valence-corrected chi connectivity index (χ1v) is 14.3. The van der Waals surface area contributed by atoms with E-state index in [0.29, 0.717) is 25.6 Å². The molecule has 1 aromatic heterocycles. The number of benzene rings is 1. The SMILES string of the molecule is CC.CC.CSNCC1(c2ccc(N3CC(O)CCC3=O)cc2)CC1.NC(=O)Nc1ncc(C(F)(F)F)cc1F. The van der Waals surface area contributed by atoms with E-state index in [4.69, 9.17) is 0 Å². The summed E-state index contributed by atoms with van der Waals surface area (Å²) in [5.41, 5.74) is 5.93. The number of hydrogen-bond donors (Lipinski definition) is 4. The molecule has 2 heterocycles. The second-order valence-electron chi connectivity index (χ2n) is 8.59. The highest BCUT2D eigenvalue weighted by molar-refractivity contribution is 7.96. The lowest BCUT2D eigenvalue weighted by molar-refractivity contribution is -0.138. The van der Waals surface area contributed by atoms with E-state index in [1.807, 2.05) is 46.1 Å². The van der Waals surface area contributed by atoms with Gasteiger partial charge in [0, 0.05) is 30.3 Å². The number of amides is 3. The molecule has 13 heteroatoms. The van der Waals surface area contributed by atoms with Crippen LogP contribution in [0.15, 0.2) is 36.5 Å². The molecule has 1 atom stereocenters. The van der Waals surface area contributed by atoms with Gasteiger partial charge >= 0.3 is 12.2 Å². The first-order valence-electron chi connectivity index (χ1n) is 13.1. The summed E-state index contributed by atoms with van der Waals surface area (Å²) in [4.78, 5) is 27.0. The van der Waals surface area contributed by atoms with Gasteiger partial charge in [-0.15, -0.1) is 0 Å². The number of aliphatic hydroxyl groups is 1. The van der Waals surface area contributed by atoms with Crippen molar-refractivity contribution in [1.82, 2.24) is 9.71 Å². The summed E-state index contributed by atoms with van der Waals surface area (Å²) in [6.07, 6.45) is 0.826. The third kappa shape index (κ3) is 10.3. The summed E-state index contributed by atoms with van der Waals surface area (Å²) in [6.45, 7) is 9.41. The second-order valence-corrected chi connectivity index (χ2v) is 9.29. The Labute approximate surface area is 237 Å². The van der Waals surface area contributed by atoms with Gasteiger partial charge in [0.15, 0.2) is 11.6 Å². The van der Waals surface area contributed by atoms with E-state index in [-0.39, 0.29) is 17.4 Å². The number of hydrogen-bond acceptors (Lipinski definition) is 6.